The molecule has 1 aromatic carbocycles. The zero-order chi connectivity index (χ0) is 19.9. The third-order valence-electron chi connectivity index (χ3n) is 4.07. The first kappa shape index (κ1) is 22.9. The molecule has 0 fully saturated rings. The Kier molecular flexibility index (Phi) is 11.9. The van der Waals surface area contributed by atoms with E-state index >= 15 is 0 Å². The predicted octanol–water partition coefficient (Wildman–Crippen LogP) is 1.54. The number of ether oxygens (including phenoxy) is 2. The van der Waals surface area contributed by atoms with E-state index in [2.05, 4.69) is 34.5 Å². The van der Waals surface area contributed by atoms with Gasteiger partial charge in [0, 0.05) is 39.9 Å². The van der Waals surface area contributed by atoms with Crippen LogP contribution < -0.4 is 10.6 Å². The second kappa shape index (κ2) is 14.0. The van der Waals surface area contributed by atoms with E-state index in [1.54, 1.807) is 19.2 Å². The number of benzene rings is 1. The van der Waals surface area contributed by atoms with Crippen molar-refractivity contribution in [1.82, 2.24) is 15.5 Å². The summed E-state index contributed by atoms with van der Waals surface area (Å²) < 4.78 is 9.79. The van der Waals surface area contributed by atoms with Crippen LogP contribution in [0.4, 0.5) is 0 Å². The van der Waals surface area contributed by atoms with Crippen molar-refractivity contribution in [3.63, 3.8) is 0 Å². The number of methoxy groups -OCH3 is 2. The monoisotopic (exact) mass is 378 g/mol. The van der Waals surface area contributed by atoms with E-state index in [1.165, 1.54) is 7.11 Å². The molecule has 7 nitrogen and oxygen atoms in total. The minimum absolute atomic E-state index is 0.312. The number of hydrogen-bond donors (Lipinski definition) is 2. The van der Waals surface area contributed by atoms with Crippen LogP contribution in [0.3, 0.4) is 0 Å². The molecular weight excluding hydrogens is 344 g/mol. The van der Waals surface area contributed by atoms with Crippen molar-refractivity contribution in [2.75, 3.05) is 60.6 Å². The first-order chi connectivity index (χ1) is 13.1. The fourth-order valence-corrected chi connectivity index (χ4v) is 2.52. The first-order valence-electron chi connectivity index (χ1n) is 9.47. The maximum Gasteiger partial charge on any atom is 0.337 e. The Morgan fingerprint density at radius 3 is 2.52 bits per heavy atom. The number of esters is 1. The number of nitrogens with zero attached hydrogens (tertiary/aromatic N) is 2. The topological polar surface area (TPSA) is 75.2 Å². The molecule has 1 aromatic rings. The lowest BCUT2D eigenvalue weighted by Crippen LogP contribution is -2.39. The molecule has 0 bridgehead atoms. The van der Waals surface area contributed by atoms with E-state index in [-0.39, 0.29) is 5.97 Å². The zero-order valence-corrected chi connectivity index (χ0v) is 17.1. The zero-order valence-electron chi connectivity index (χ0n) is 17.1. The highest BCUT2D eigenvalue weighted by molar-refractivity contribution is 5.89. The first-order valence-corrected chi connectivity index (χ1v) is 9.47. The fraction of sp³-hybridized carbons (Fsp3) is 0.600. The van der Waals surface area contributed by atoms with Crippen LogP contribution in [0.2, 0.25) is 0 Å². The van der Waals surface area contributed by atoms with Crippen molar-refractivity contribution in [1.29, 1.82) is 0 Å². The van der Waals surface area contributed by atoms with Crippen LogP contribution in [0.1, 0.15) is 29.3 Å². The Labute approximate surface area is 163 Å². The molecule has 0 heterocycles. The van der Waals surface area contributed by atoms with E-state index < -0.39 is 0 Å². The van der Waals surface area contributed by atoms with Crippen molar-refractivity contribution in [2.24, 2.45) is 4.99 Å². The van der Waals surface area contributed by atoms with Crippen LogP contribution in [0.25, 0.3) is 0 Å². The van der Waals surface area contributed by atoms with Gasteiger partial charge in [-0.3, -0.25) is 4.99 Å². The number of nitrogens with one attached hydrogen (secondary N) is 2. The van der Waals surface area contributed by atoms with Gasteiger partial charge in [0.25, 0.3) is 0 Å². The summed E-state index contributed by atoms with van der Waals surface area (Å²) >= 11 is 0. The van der Waals surface area contributed by atoms with Crippen molar-refractivity contribution >= 4 is 11.9 Å². The molecule has 0 aliphatic rings. The van der Waals surface area contributed by atoms with E-state index in [0.717, 1.165) is 63.7 Å². The number of aliphatic imine (C=N–C) groups is 1. The molecule has 0 unspecified atom stereocenters. The molecule has 0 saturated heterocycles. The molecule has 27 heavy (non-hydrogen) atoms. The molecule has 152 valence electrons. The molecule has 0 aromatic heterocycles. The summed E-state index contributed by atoms with van der Waals surface area (Å²) in [6.45, 7) is 7.10. The van der Waals surface area contributed by atoms with Crippen LogP contribution in [-0.2, 0) is 15.9 Å². The van der Waals surface area contributed by atoms with Gasteiger partial charge in [-0.25, -0.2) is 4.79 Å². The minimum Gasteiger partial charge on any atom is -0.465 e. The molecule has 0 aliphatic carbocycles. The Morgan fingerprint density at radius 1 is 1.15 bits per heavy atom. The molecule has 0 atom stereocenters. The summed E-state index contributed by atoms with van der Waals surface area (Å²) in [5, 5.41) is 6.62. The number of hydrogen-bond acceptors (Lipinski definition) is 5. The number of carbonyl (C=O) groups excluding carboxylic acids is 1. The lowest BCUT2D eigenvalue weighted by atomic mass is 10.1. The predicted molar refractivity (Wildman–Crippen MR) is 109 cm³/mol. The molecule has 0 spiro atoms. The van der Waals surface area contributed by atoms with Gasteiger partial charge < -0.3 is 25.0 Å². The van der Waals surface area contributed by atoms with Crippen LogP contribution in [-0.4, -0.2) is 77.4 Å². The number of likely N-dealkylation sites (N-methyl/N-ethyl adjacent to an activating group) is 1. The second-order valence-electron chi connectivity index (χ2n) is 6.28. The fourth-order valence-electron chi connectivity index (χ4n) is 2.52. The van der Waals surface area contributed by atoms with Gasteiger partial charge in [0.2, 0.25) is 0 Å². The molecule has 0 aliphatic heterocycles. The van der Waals surface area contributed by atoms with Crippen LogP contribution >= 0.6 is 0 Å². The standard InChI is InChI=1S/C20H34N4O3/c1-5-21-20(23-13-15-24(2)14-6-16-26-3)22-12-11-17-7-9-18(10-8-17)19(25)27-4/h7-10H,5-6,11-16H2,1-4H3,(H2,21,22,23). The van der Waals surface area contributed by atoms with Crippen molar-refractivity contribution in [2.45, 2.75) is 19.8 Å². The highest BCUT2D eigenvalue weighted by Gasteiger charge is 2.04. The Hall–Kier alpha value is -2.12. The third kappa shape index (κ3) is 9.96. The van der Waals surface area contributed by atoms with Crippen LogP contribution in [0.15, 0.2) is 29.3 Å². The van der Waals surface area contributed by atoms with Crippen LogP contribution in [0.5, 0.6) is 0 Å². The van der Waals surface area contributed by atoms with Crippen molar-refractivity contribution in [3.8, 4) is 0 Å². The van der Waals surface area contributed by atoms with Crippen molar-refractivity contribution in [3.05, 3.63) is 35.4 Å². The summed E-state index contributed by atoms with van der Waals surface area (Å²) in [7, 11) is 5.22. The van der Waals surface area contributed by atoms with Crippen LogP contribution in [0, 0.1) is 0 Å². The summed E-state index contributed by atoms with van der Waals surface area (Å²) in [5.74, 6) is 0.516. The van der Waals surface area contributed by atoms with Crippen molar-refractivity contribution < 1.29 is 14.3 Å². The minimum atomic E-state index is -0.312. The largest absolute Gasteiger partial charge is 0.465 e. The van der Waals surface area contributed by atoms with E-state index in [4.69, 9.17) is 9.47 Å². The molecule has 2 N–H and O–H groups in total. The number of guanidine groups is 1. The van der Waals surface area contributed by atoms with Gasteiger partial charge in [-0.1, -0.05) is 12.1 Å². The van der Waals surface area contributed by atoms with Gasteiger partial charge in [-0.05, 0) is 44.5 Å². The lowest BCUT2D eigenvalue weighted by Gasteiger charge is -2.16. The summed E-state index contributed by atoms with van der Waals surface area (Å²) in [6, 6.07) is 7.49. The number of carbonyl (C=O) groups is 1. The summed E-state index contributed by atoms with van der Waals surface area (Å²) in [4.78, 5) is 18.3. The summed E-state index contributed by atoms with van der Waals surface area (Å²) in [6.07, 6.45) is 1.88. The van der Waals surface area contributed by atoms with E-state index in [9.17, 15) is 4.79 Å². The highest BCUT2D eigenvalue weighted by Crippen LogP contribution is 2.06. The second-order valence-corrected chi connectivity index (χ2v) is 6.28. The SMILES string of the molecule is CCNC(=NCCN(C)CCCOC)NCCc1ccc(C(=O)OC)cc1. The van der Waals surface area contributed by atoms with Gasteiger partial charge in [-0.2, -0.15) is 0 Å². The quantitative estimate of drug-likeness (QED) is 0.249. The van der Waals surface area contributed by atoms with Gasteiger partial charge >= 0.3 is 5.97 Å². The van der Waals surface area contributed by atoms with Gasteiger partial charge in [-0.15, -0.1) is 0 Å². The van der Waals surface area contributed by atoms with Gasteiger partial charge in [0.1, 0.15) is 0 Å². The maximum atomic E-state index is 11.5. The molecule has 0 radical (unpaired) electrons. The van der Waals surface area contributed by atoms with E-state index in [0.29, 0.717) is 5.56 Å². The molecule has 7 heteroatoms. The Bertz CT molecular complexity index is 561. The number of rotatable bonds is 12. The summed E-state index contributed by atoms with van der Waals surface area (Å²) in [5.41, 5.74) is 1.72. The molecular formula is C20H34N4O3. The average molecular weight is 379 g/mol. The molecule has 1 rings (SSSR count). The van der Waals surface area contributed by atoms with Gasteiger partial charge in [0.05, 0.1) is 19.2 Å². The lowest BCUT2D eigenvalue weighted by molar-refractivity contribution is 0.0600. The Morgan fingerprint density at radius 2 is 1.89 bits per heavy atom. The van der Waals surface area contributed by atoms with Gasteiger partial charge in [0.15, 0.2) is 5.96 Å². The highest BCUT2D eigenvalue weighted by atomic mass is 16.5. The maximum absolute atomic E-state index is 11.5. The van der Waals surface area contributed by atoms with E-state index in [1.807, 2.05) is 12.1 Å². The molecule has 0 amide bonds. The Balaban J connectivity index is 2.37. The third-order valence-corrected chi connectivity index (χ3v) is 4.07. The normalized spacial score (nSPS) is 11.5. The average Bonchev–Trinajstić information content (AvgIpc) is 2.68. The molecule has 0 saturated carbocycles. The smallest absolute Gasteiger partial charge is 0.337 e.